The van der Waals surface area contributed by atoms with Gasteiger partial charge >= 0.3 is 0 Å². The minimum Gasteiger partial charge on any atom is -0.396 e. The first kappa shape index (κ1) is 13.1. The zero-order valence-corrected chi connectivity index (χ0v) is 11.6. The highest BCUT2D eigenvalue weighted by Crippen LogP contribution is 2.33. The molecule has 0 aliphatic rings. The predicted octanol–water partition coefficient (Wildman–Crippen LogP) is 3.44. The molecular formula is C15H9N3O2S. The molecule has 3 rings (SSSR count). The Morgan fingerprint density at radius 1 is 1.24 bits per heavy atom. The molecule has 0 atom stereocenters. The van der Waals surface area contributed by atoms with Crippen LogP contribution < -0.4 is 5.73 Å². The summed E-state index contributed by atoms with van der Waals surface area (Å²) in [5.41, 5.74) is 8.09. The monoisotopic (exact) mass is 295 g/mol. The molecule has 0 amide bonds. The third-order valence-corrected chi connectivity index (χ3v) is 4.15. The third kappa shape index (κ3) is 2.20. The Labute approximate surface area is 124 Å². The van der Waals surface area contributed by atoms with Crippen molar-refractivity contribution in [1.29, 1.82) is 0 Å². The van der Waals surface area contributed by atoms with E-state index in [1.807, 2.05) is 12.1 Å². The van der Waals surface area contributed by atoms with Crippen LogP contribution in [0.5, 0.6) is 0 Å². The molecule has 5 nitrogen and oxygen atoms in total. The highest BCUT2D eigenvalue weighted by molar-refractivity contribution is 7.19. The first-order valence-corrected chi connectivity index (χ1v) is 6.82. The van der Waals surface area contributed by atoms with E-state index < -0.39 is 4.92 Å². The topological polar surface area (TPSA) is 82.0 Å². The van der Waals surface area contributed by atoms with E-state index in [2.05, 4.69) is 10.9 Å². The normalized spacial score (nSPS) is 10.4. The van der Waals surface area contributed by atoms with Crippen LogP contribution in [0.25, 0.3) is 21.5 Å². The molecule has 0 fully saturated rings. The van der Waals surface area contributed by atoms with Crippen molar-refractivity contribution in [3.8, 4) is 23.6 Å². The largest absolute Gasteiger partial charge is 0.396 e. The van der Waals surface area contributed by atoms with Crippen molar-refractivity contribution in [1.82, 2.24) is 4.98 Å². The number of nitro groups is 1. The predicted molar refractivity (Wildman–Crippen MR) is 84.1 cm³/mol. The molecule has 0 bridgehead atoms. The number of thiophene rings is 1. The second-order valence-electron chi connectivity index (χ2n) is 4.34. The minimum absolute atomic E-state index is 0.0508. The molecule has 0 radical (unpaired) electrons. The van der Waals surface area contributed by atoms with E-state index in [1.54, 1.807) is 12.1 Å². The molecule has 0 aliphatic heterocycles. The molecule has 1 aromatic carbocycles. The van der Waals surface area contributed by atoms with Gasteiger partial charge in [-0.3, -0.25) is 10.1 Å². The summed E-state index contributed by atoms with van der Waals surface area (Å²) < 4.78 is 0. The number of aromatic nitrogens is 1. The third-order valence-electron chi connectivity index (χ3n) is 3.10. The van der Waals surface area contributed by atoms with Gasteiger partial charge in [0.15, 0.2) is 0 Å². The van der Waals surface area contributed by atoms with Crippen LogP contribution in [0.2, 0.25) is 0 Å². The molecule has 21 heavy (non-hydrogen) atoms. The lowest BCUT2D eigenvalue weighted by molar-refractivity contribution is -0.384. The van der Waals surface area contributed by atoms with Crippen LogP contribution in [0.4, 0.5) is 11.4 Å². The number of fused-ring (bicyclic) bond motifs is 1. The summed E-state index contributed by atoms with van der Waals surface area (Å²) >= 11 is 1.36. The van der Waals surface area contributed by atoms with Crippen LogP contribution in [0.1, 0.15) is 4.88 Å². The first-order chi connectivity index (χ1) is 10.1. The molecule has 0 spiro atoms. The Morgan fingerprint density at radius 2 is 1.95 bits per heavy atom. The second-order valence-corrected chi connectivity index (χ2v) is 5.34. The molecule has 2 N–H and O–H groups in total. The number of benzene rings is 1. The summed E-state index contributed by atoms with van der Waals surface area (Å²) in [7, 11) is 0. The number of nitrogens with zero attached hydrogens (tertiary/aromatic N) is 2. The highest BCUT2D eigenvalue weighted by atomic mass is 32.1. The van der Waals surface area contributed by atoms with Crippen molar-refractivity contribution in [2.45, 2.75) is 0 Å². The Hall–Kier alpha value is -2.91. The van der Waals surface area contributed by atoms with E-state index in [4.69, 9.17) is 12.2 Å². The summed E-state index contributed by atoms with van der Waals surface area (Å²) in [6, 6.07) is 9.95. The minimum atomic E-state index is -0.431. The Morgan fingerprint density at radius 3 is 2.57 bits per heavy atom. The zero-order valence-electron chi connectivity index (χ0n) is 10.7. The first-order valence-electron chi connectivity index (χ1n) is 6.00. The number of rotatable bonds is 2. The molecule has 0 aliphatic carbocycles. The number of nitro benzene ring substituents is 1. The maximum absolute atomic E-state index is 10.7. The number of pyridine rings is 1. The molecular weight excluding hydrogens is 286 g/mol. The van der Waals surface area contributed by atoms with Crippen LogP contribution in [0.15, 0.2) is 36.4 Å². The summed E-state index contributed by atoms with van der Waals surface area (Å²) in [4.78, 5) is 16.2. The van der Waals surface area contributed by atoms with Crippen LogP contribution in [0.3, 0.4) is 0 Å². The number of nitrogen functional groups attached to an aromatic ring is 1. The standard InChI is InChI=1S/C15H9N3O2S/c1-2-13-14(16)11-7-8-12(17-15(11)21-13)9-3-5-10(6-4-9)18(19)20/h1,3-8H,16H2. The van der Waals surface area contributed by atoms with Gasteiger partial charge in [-0.25, -0.2) is 4.98 Å². The van der Waals surface area contributed by atoms with Gasteiger partial charge in [-0.1, -0.05) is 5.92 Å². The Bertz CT molecular complexity index is 892. The van der Waals surface area contributed by atoms with Crippen molar-refractivity contribution in [3.05, 3.63) is 51.4 Å². The van der Waals surface area contributed by atoms with Crippen LogP contribution in [-0.2, 0) is 0 Å². The summed E-state index contributed by atoms with van der Waals surface area (Å²) in [6.45, 7) is 0. The van der Waals surface area contributed by atoms with E-state index in [9.17, 15) is 10.1 Å². The fourth-order valence-corrected chi connectivity index (χ4v) is 2.92. The van der Waals surface area contributed by atoms with Gasteiger partial charge < -0.3 is 5.73 Å². The van der Waals surface area contributed by atoms with E-state index in [0.717, 1.165) is 21.5 Å². The maximum atomic E-state index is 10.7. The number of hydrogen-bond acceptors (Lipinski definition) is 5. The molecule has 2 aromatic heterocycles. The van der Waals surface area contributed by atoms with Gasteiger partial charge in [-0.2, -0.15) is 0 Å². The average molecular weight is 295 g/mol. The van der Waals surface area contributed by atoms with Gasteiger partial charge in [0, 0.05) is 23.1 Å². The van der Waals surface area contributed by atoms with Gasteiger partial charge in [-0.15, -0.1) is 17.8 Å². The zero-order chi connectivity index (χ0) is 15.0. The lowest BCUT2D eigenvalue weighted by atomic mass is 10.1. The van der Waals surface area contributed by atoms with Gasteiger partial charge in [0.1, 0.15) is 9.71 Å². The summed E-state index contributed by atoms with van der Waals surface area (Å²) in [5, 5.41) is 11.5. The number of terminal acetylenes is 1. The van der Waals surface area contributed by atoms with E-state index >= 15 is 0 Å². The van der Waals surface area contributed by atoms with Gasteiger partial charge in [-0.05, 0) is 24.3 Å². The van der Waals surface area contributed by atoms with Crippen LogP contribution >= 0.6 is 11.3 Å². The summed E-state index contributed by atoms with van der Waals surface area (Å²) in [6.07, 6.45) is 5.40. The molecule has 6 heteroatoms. The average Bonchev–Trinajstić information content (AvgIpc) is 2.83. The van der Waals surface area contributed by atoms with Gasteiger partial charge in [0.05, 0.1) is 16.3 Å². The molecule has 102 valence electrons. The van der Waals surface area contributed by atoms with E-state index in [1.165, 1.54) is 23.5 Å². The van der Waals surface area contributed by atoms with E-state index in [0.29, 0.717) is 10.6 Å². The van der Waals surface area contributed by atoms with Gasteiger partial charge in [0.2, 0.25) is 0 Å². The number of hydrogen-bond donors (Lipinski definition) is 1. The number of anilines is 1. The van der Waals surface area contributed by atoms with Crippen LogP contribution in [0, 0.1) is 22.5 Å². The Balaban J connectivity index is 2.09. The Kier molecular flexibility index (Phi) is 3.05. The number of nitrogens with two attached hydrogens (primary N) is 1. The molecule has 0 saturated heterocycles. The van der Waals surface area contributed by atoms with Crippen molar-refractivity contribution in [2.24, 2.45) is 0 Å². The SMILES string of the molecule is C#Cc1sc2nc(-c3ccc([N+](=O)[O-])cc3)ccc2c1N. The number of non-ortho nitro benzene ring substituents is 1. The van der Waals surface area contributed by atoms with Crippen molar-refractivity contribution >= 4 is 32.9 Å². The van der Waals surface area contributed by atoms with Crippen molar-refractivity contribution < 1.29 is 4.92 Å². The highest BCUT2D eigenvalue weighted by Gasteiger charge is 2.11. The maximum Gasteiger partial charge on any atom is 0.269 e. The fraction of sp³-hybridized carbons (Fsp3) is 0. The molecule has 3 aromatic rings. The lowest BCUT2D eigenvalue weighted by Crippen LogP contribution is -1.89. The lowest BCUT2D eigenvalue weighted by Gasteiger charge is -2.01. The molecule has 2 heterocycles. The quantitative estimate of drug-likeness (QED) is 0.446. The van der Waals surface area contributed by atoms with Crippen LogP contribution in [-0.4, -0.2) is 9.91 Å². The smallest absolute Gasteiger partial charge is 0.269 e. The van der Waals surface area contributed by atoms with Crippen molar-refractivity contribution in [2.75, 3.05) is 5.73 Å². The second kappa shape index (κ2) is 4.89. The summed E-state index contributed by atoms with van der Waals surface area (Å²) in [5.74, 6) is 2.54. The van der Waals surface area contributed by atoms with E-state index in [-0.39, 0.29) is 5.69 Å². The van der Waals surface area contributed by atoms with Gasteiger partial charge in [0.25, 0.3) is 5.69 Å². The molecule has 0 saturated carbocycles. The van der Waals surface area contributed by atoms with Crippen molar-refractivity contribution in [3.63, 3.8) is 0 Å². The molecule has 0 unspecified atom stereocenters. The fourth-order valence-electron chi connectivity index (χ4n) is 2.02.